The first kappa shape index (κ1) is 11.2. The van der Waals surface area contributed by atoms with Crippen LogP contribution in [-0.2, 0) is 0 Å². The van der Waals surface area contributed by atoms with Crippen LogP contribution in [0.4, 0.5) is 13.2 Å². The van der Waals surface area contributed by atoms with E-state index in [-0.39, 0.29) is 0 Å². The summed E-state index contributed by atoms with van der Waals surface area (Å²) in [5, 5.41) is 1.46. The summed E-state index contributed by atoms with van der Waals surface area (Å²) in [6.45, 7) is 0. The van der Waals surface area contributed by atoms with E-state index in [9.17, 15) is 13.2 Å². The molecule has 0 saturated heterocycles. The van der Waals surface area contributed by atoms with E-state index in [2.05, 4.69) is 0 Å². The molecule has 0 aliphatic carbocycles. The maximum Gasteiger partial charge on any atom is 0.392 e. The van der Waals surface area contributed by atoms with Gasteiger partial charge in [0.1, 0.15) is 0 Å². The zero-order valence-electron chi connectivity index (χ0n) is 7.29. The number of benzene rings is 1. The summed E-state index contributed by atoms with van der Waals surface area (Å²) >= 11 is 1.28. The molecule has 0 N–H and O–H groups in total. The summed E-state index contributed by atoms with van der Waals surface area (Å²) in [6, 6.07) is 9.26. The number of allylic oxidation sites excluding steroid dienone is 1. The van der Waals surface area contributed by atoms with E-state index in [1.54, 1.807) is 0 Å². The third-order valence-electron chi connectivity index (χ3n) is 1.39. The molecule has 0 spiro atoms. The zero-order chi connectivity index (χ0) is 10.4. The van der Waals surface area contributed by atoms with Gasteiger partial charge >= 0.3 is 6.18 Å². The fourth-order valence-electron chi connectivity index (χ4n) is 0.807. The SMILES string of the molecule is FC(F)(F)C/C=C/Sc1ccccc1. The Kier molecular flexibility index (Phi) is 4.07. The van der Waals surface area contributed by atoms with Gasteiger partial charge in [-0.3, -0.25) is 0 Å². The van der Waals surface area contributed by atoms with E-state index in [1.807, 2.05) is 30.3 Å². The minimum Gasteiger partial charge on any atom is -0.171 e. The van der Waals surface area contributed by atoms with Crippen LogP contribution in [0.2, 0.25) is 0 Å². The van der Waals surface area contributed by atoms with Crippen LogP contribution in [0.5, 0.6) is 0 Å². The molecule has 0 saturated carbocycles. The molecule has 76 valence electrons. The van der Waals surface area contributed by atoms with E-state index in [1.165, 1.54) is 17.2 Å². The van der Waals surface area contributed by atoms with Gasteiger partial charge in [0.25, 0.3) is 0 Å². The molecule has 0 aromatic heterocycles. The molecular formula is C10H9F3S. The Morgan fingerprint density at radius 2 is 1.79 bits per heavy atom. The predicted octanol–water partition coefficient (Wildman–Crippen LogP) is 4.24. The van der Waals surface area contributed by atoms with Gasteiger partial charge in [0.2, 0.25) is 0 Å². The summed E-state index contributed by atoms with van der Waals surface area (Å²) < 4.78 is 35.2. The molecule has 0 fully saturated rings. The van der Waals surface area contributed by atoms with Gasteiger partial charge in [-0.15, -0.1) is 0 Å². The molecule has 0 aliphatic heterocycles. The van der Waals surface area contributed by atoms with Crippen LogP contribution < -0.4 is 0 Å². The van der Waals surface area contributed by atoms with E-state index < -0.39 is 12.6 Å². The maximum absolute atomic E-state index is 11.7. The van der Waals surface area contributed by atoms with Gasteiger partial charge in [-0.25, -0.2) is 0 Å². The van der Waals surface area contributed by atoms with E-state index in [0.717, 1.165) is 11.0 Å². The van der Waals surface area contributed by atoms with Crippen molar-refractivity contribution in [3.05, 3.63) is 41.8 Å². The molecule has 1 rings (SSSR count). The van der Waals surface area contributed by atoms with Gasteiger partial charge in [-0.2, -0.15) is 13.2 Å². The lowest BCUT2D eigenvalue weighted by Crippen LogP contribution is -2.03. The molecule has 1 aromatic rings. The minimum absolute atomic E-state index is 0.868. The fourth-order valence-corrected chi connectivity index (χ4v) is 1.47. The van der Waals surface area contributed by atoms with Crippen molar-refractivity contribution in [3.63, 3.8) is 0 Å². The van der Waals surface area contributed by atoms with Crippen LogP contribution in [0.1, 0.15) is 6.42 Å². The van der Waals surface area contributed by atoms with Crippen LogP contribution in [0.15, 0.2) is 46.7 Å². The Bertz CT molecular complexity index is 290. The first-order chi connectivity index (χ1) is 6.58. The van der Waals surface area contributed by atoms with Crippen molar-refractivity contribution in [1.82, 2.24) is 0 Å². The lowest BCUT2D eigenvalue weighted by Gasteiger charge is -2.00. The van der Waals surface area contributed by atoms with Crippen molar-refractivity contribution < 1.29 is 13.2 Å². The maximum atomic E-state index is 11.7. The summed E-state index contributed by atoms with van der Waals surface area (Å²) in [6.07, 6.45) is -3.85. The molecule has 14 heavy (non-hydrogen) atoms. The smallest absolute Gasteiger partial charge is 0.171 e. The Morgan fingerprint density at radius 3 is 2.36 bits per heavy atom. The van der Waals surface area contributed by atoms with Crippen molar-refractivity contribution in [2.24, 2.45) is 0 Å². The van der Waals surface area contributed by atoms with Crippen molar-refractivity contribution in [3.8, 4) is 0 Å². The van der Waals surface area contributed by atoms with E-state index in [0.29, 0.717) is 0 Å². The molecule has 0 atom stereocenters. The highest BCUT2D eigenvalue weighted by atomic mass is 32.2. The quantitative estimate of drug-likeness (QED) is 0.683. The monoisotopic (exact) mass is 218 g/mol. The van der Waals surface area contributed by atoms with Crippen LogP contribution in [0, 0.1) is 0 Å². The standard InChI is InChI=1S/C10H9F3S/c11-10(12,13)7-4-8-14-9-5-2-1-3-6-9/h1-6,8H,7H2/b8-4+. The Morgan fingerprint density at radius 1 is 1.14 bits per heavy atom. The normalized spacial score (nSPS) is 12.2. The molecule has 4 heteroatoms. The van der Waals surface area contributed by atoms with Gasteiger partial charge < -0.3 is 0 Å². The molecule has 0 aliphatic rings. The lowest BCUT2D eigenvalue weighted by molar-refractivity contribution is -0.124. The highest BCUT2D eigenvalue weighted by Crippen LogP contribution is 2.23. The van der Waals surface area contributed by atoms with Crippen molar-refractivity contribution >= 4 is 11.8 Å². The van der Waals surface area contributed by atoms with Gasteiger partial charge in [0.05, 0.1) is 6.42 Å². The first-order valence-corrected chi connectivity index (χ1v) is 4.89. The van der Waals surface area contributed by atoms with Gasteiger partial charge in [-0.05, 0) is 17.5 Å². The molecule has 0 bridgehead atoms. The molecule has 1 aromatic carbocycles. The highest BCUT2D eigenvalue weighted by molar-refractivity contribution is 8.02. The molecular weight excluding hydrogens is 209 g/mol. The van der Waals surface area contributed by atoms with Crippen LogP contribution in [0.25, 0.3) is 0 Å². The van der Waals surface area contributed by atoms with Gasteiger partial charge in [-0.1, -0.05) is 36.0 Å². The first-order valence-electron chi connectivity index (χ1n) is 4.01. The van der Waals surface area contributed by atoms with Crippen LogP contribution >= 0.6 is 11.8 Å². The summed E-state index contributed by atoms with van der Waals surface area (Å²) in [5.74, 6) is 0. The number of alkyl halides is 3. The molecule has 0 amide bonds. The van der Waals surface area contributed by atoms with E-state index in [4.69, 9.17) is 0 Å². The van der Waals surface area contributed by atoms with Crippen LogP contribution in [-0.4, -0.2) is 6.18 Å². The average molecular weight is 218 g/mol. The van der Waals surface area contributed by atoms with Crippen molar-refractivity contribution in [2.75, 3.05) is 0 Å². The number of thioether (sulfide) groups is 1. The number of hydrogen-bond donors (Lipinski definition) is 0. The second-order valence-corrected chi connectivity index (χ2v) is 3.60. The lowest BCUT2D eigenvalue weighted by atomic mass is 10.4. The van der Waals surface area contributed by atoms with Crippen LogP contribution in [0.3, 0.4) is 0 Å². The molecule has 0 nitrogen and oxygen atoms in total. The molecule has 0 radical (unpaired) electrons. The summed E-state index contributed by atoms with van der Waals surface area (Å²) in [7, 11) is 0. The van der Waals surface area contributed by atoms with Crippen molar-refractivity contribution in [2.45, 2.75) is 17.5 Å². The van der Waals surface area contributed by atoms with Gasteiger partial charge in [0, 0.05) is 4.90 Å². The summed E-state index contributed by atoms with van der Waals surface area (Å²) in [4.78, 5) is 0.936. The largest absolute Gasteiger partial charge is 0.392 e. The Labute approximate surface area is 84.8 Å². The number of rotatable bonds is 3. The third-order valence-corrected chi connectivity index (χ3v) is 2.27. The Hall–Kier alpha value is -0.900. The predicted molar refractivity (Wildman–Crippen MR) is 52.1 cm³/mol. The zero-order valence-corrected chi connectivity index (χ0v) is 8.11. The third kappa shape index (κ3) is 4.97. The Balaban J connectivity index is 2.35. The summed E-state index contributed by atoms with van der Waals surface area (Å²) in [5.41, 5.74) is 0. The number of halogens is 3. The molecule has 0 heterocycles. The topological polar surface area (TPSA) is 0 Å². The second kappa shape index (κ2) is 5.10. The molecule has 0 unspecified atom stereocenters. The second-order valence-electron chi connectivity index (χ2n) is 2.62. The van der Waals surface area contributed by atoms with E-state index >= 15 is 0 Å². The average Bonchev–Trinajstić information content (AvgIpc) is 2.13. The van der Waals surface area contributed by atoms with Gasteiger partial charge in [0.15, 0.2) is 0 Å². The fraction of sp³-hybridized carbons (Fsp3) is 0.200. The number of hydrogen-bond acceptors (Lipinski definition) is 1. The van der Waals surface area contributed by atoms with Crippen molar-refractivity contribution in [1.29, 1.82) is 0 Å². The minimum atomic E-state index is -4.10. The highest BCUT2D eigenvalue weighted by Gasteiger charge is 2.24.